The minimum atomic E-state index is -3.58. The van der Waals surface area contributed by atoms with Crippen LogP contribution in [0.3, 0.4) is 0 Å². The molecule has 148 valence electrons. The average Bonchev–Trinajstić information content (AvgIpc) is 3.16. The molecule has 0 saturated heterocycles. The Bertz CT molecular complexity index is 1160. The van der Waals surface area contributed by atoms with Gasteiger partial charge in [0.05, 0.1) is 4.90 Å². The topological polar surface area (TPSA) is 66.5 Å². The zero-order chi connectivity index (χ0) is 20.4. The molecule has 3 aromatic carbocycles. The lowest BCUT2D eigenvalue weighted by molar-refractivity contribution is 0.0989. The third-order valence-electron chi connectivity index (χ3n) is 5.08. The van der Waals surface area contributed by atoms with Crippen molar-refractivity contribution in [1.82, 2.24) is 4.72 Å². The summed E-state index contributed by atoms with van der Waals surface area (Å²) in [5.74, 6) is -0.0329. The molecule has 0 aliphatic carbocycles. The number of sulfonamides is 1. The van der Waals surface area contributed by atoms with E-state index in [1.165, 1.54) is 0 Å². The summed E-state index contributed by atoms with van der Waals surface area (Å²) in [7, 11) is -3.58. The molecular weight excluding hydrogens is 384 g/mol. The maximum Gasteiger partial charge on any atom is 0.258 e. The summed E-state index contributed by atoms with van der Waals surface area (Å²) in [5, 5.41) is 0. The van der Waals surface area contributed by atoms with Crippen LogP contribution in [0.15, 0.2) is 77.7 Å². The molecule has 0 bridgehead atoms. The van der Waals surface area contributed by atoms with E-state index in [1.54, 1.807) is 35.2 Å². The van der Waals surface area contributed by atoms with Gasteiger partial charge in [-0.05, 0) is 54.8 Å². The van der Waals surface area contributed by atoms with E-state index in [0.717, 1.165) is 28.8 Å². The van der Waals surface area contributed by atoms with Crippen LogP contribution in [0.25, 0.3) is 0 Å². The predicted octanol–water partition coefficient (Wildman–Crippen LogP) is 3.68. The Labute approximate surface area is 171 Å². The van der Waals surface area contributed by atoms with Gasteiger partial charge in [0.1, 0.15) is 0 Å². The van der Waals surface area contributed by atoms with Gasteiger partial charge >= 0.3 is 0 Å². The molecule has 0 fully saturated rings. The van der Waals surface area contributed by atoms with Gasteiger partial charge in [-0.1, -0.05) is 48.0 Å². The standard InChI is InChI=1S/C23H22N2O3S/c1-17-6-5-7-20(14-17)23(26)25-13-12-19-11-10-18(15-22(19)25)16-24-29(27,28)21-8-3-2-4-9-21/h2-11,14-15,24H,12-13,16H2,1H3. The molecule has 0 atom stereocenters. The van der Waals surface area contributed by atoms with Crippen LogP contribution in [-0.4, -0.2) is 20.9 Å². The van der Waals surface area contributed by atoms with Crippen molar-refractivity contribution >= 4 is 21.6 Å². The van der Waals surface area contributed by atoms with Crippen LogP contribution in [-0.2, 0) is 23.0 Å². The fraction of sp³-hybridized carbons (Fsp3) is 0.174. The summed E-state index contributed by atoms with van der Waals surface area (Å²) in [6, 6.07) is 21.6. The van der Waals surface area contributed by atoms with Crippen molar-refractivity contribution < 1.29 is 13.2 Å². The Hall–Kier alpha value is -2.96. The van der Waals surface area contributed by atoms with Crippen LogP contribution in [0.4, 0.5) is 5.69 Å². The first-order valence-corrected chi connectivity index (χ1v) is 11.0. The number of carbonyl (C=O) groups excluding carboxylic acids is 1. The monoisotopic (exact) mass is 406 g/mol. The van der Waals surface area contributed by atoms with Crippen LogP contribution in [0, 0.1) is 6.92 Å². The van der Waals surface area contributed by atoms with Crippen molar-refractivity contribution in [3.8, 4) is 0 Å². The quantitative estimate of drug-likeness (QED) is 0.703. The van der Waals surface area contributed by atoms with Crippen molar-refractivity contribution in [3.05, 3.63) is 95.1 Å². The molecule has 1 heterocycles. The highest BCUT2D eigenvalue weighted by molar-refractivity contribution is 7.89. The molecule has 1 aliphatic rings. The van der Waals surface area contributed by atoms with Gasteiger partial charge in [-0.15, -0.1) is 0 Å². The molecule has 0 saturated carbocycles. The Morgan fingerprint density at radius 2 is 1.79 bits per heavy atom. The second kappa shape index (κ2) is 7.81. The summed E-state index contributed by atoms with van der Waals surface area (Å²) in [6.45, 7) is 2.75. The number of hydrogen-bond donors (Lipinski definition) is 1. The fourth-order valence-corrected chi connectivity index (χ4v) is 4.58. The molecule has 1 amide bonds. The first-order valence-electron chi connectivity index (χ1n) is 9.49. The van der Waals surface area contributed by atoms with Crippen molar-refractivity contribution in [2.75, 3.05) is 11.4 Å². The van der Waals surface area contributed by atoms with Gasteiger partial charge in [0.2, 0.25) is 10.0 Å². The molecule has 3 aromatic rings. The largest absolute Gasteiger partial charge is 0.308 e. The zero-order valence-corrected chi connectivity index (χ0v) is 16.9. The second-order valence-corrected chi connectivity index (χ2v) is 8.94. The van der Waals surface area contributed by atoms with Crippen LogP contribution in [0.2, 0.25) is 0 Å². The SMILES string of the molecule is Cc1cccc(C(=O)N2CCc3ccc(CNS(=O)(=O)c4ccccc4)cc32)c1. The van der Waals surface area contributed by atoms with E-state index in [9.17, 15) is 13.2 Å². The summed E-state index contributed by atoms with van der Waals surface area (Å²) >= 11 is 0. The molecular formula is C23H22N2O3S. The van der Waals surface area contributed by atoms with Crippen molar-refractivity contribution in [3.63, 3.8) is 0 Å². The highest BCUT2D eigenvalue weighted by Crippen LogP contribution is 2.30. The number of nitrogens with zero attached hydrogens (tertiary/aromatic N) is 1. The zero-order valence-electron chi connectivity index (χ0n) is 16.1. The van der Waals surface area contributed by atoms with Crippen molar-refractivity contribution in [2.24, 2.45) is 0 Å². The molecule has 4 rings (SSSR count). The molecule has 0 unspecified atom stereocenters. The lowest BCUT2D eigenvalue weighted by Crippen LogP contribution is -2.29. The van der Waals surface area contributed by atoms with Crippen LogP contribution < -0.4 is 9.62 Å². The summed E-state index contributed by atoms with van der Waals surface area (Å²) < 4.78 is 27.5. The number of nitrogens with one attached hydrogen (secondary N) is 1. The summed E-state index contributed by atoms with van der Waals surface area (Å²) in [6.07, 6.45) is 0.795. The maximum atomic E-state index is 13.0. The number of benzene rings is 3. The van der Waals surface area contributed by atoms with Gasteiger partial charge in [-0.3, -0.25) is 4.79 Å². The van der Waals surface area contributed by atoms with E-state index >= 15 is 0 Å². The first kappa shape index (κ1) is 19.4. The van der Waals surface area contributed by atoms with Gasteiger partial charge < -0.3 is 4.90 Å². The minimum Gasteiger partial charge on any atom is -0.308 e. The second-order valence-electron chi connectivity index (χ2n) is 7.18. The highest BCUT2D eigenvalue weighted by Gasteiger charge is 2.26. The van der Waals surface area contributed by atoms with Crippen LogP contribution in [0.5, 0.6) is 0 Å². The predicted molar refractivity (Wildman–Crippen MR) is 113 cm³/mol. The lowest BCUT2D eigenvalue weighted by Gasteiger charge is -2.18. The molecule has 0 aromatic heterocycles. The third-order valence-corrected chi connectivity index (χ3v) is 6.49. The number of carbonyl (C=O) groups is 1. The molecule has 1 aliphatic heterocycles. The van der Waals surface area contributed by atoms with Crippen LogP contribution in [0.1, 0.15) is 27.0 Å². The molecule has 0 spiro atoms. The molecule has 0 radical (unpaired) electrons. The normalized spacial score (nSPS) is 13.3. The van der Waals surface area contributed by atoms with Gasteiger partial charge in [-0.25, -0.2) is 13.1 Å². The Kier molecular flexibility index (Phi) is 5.22. The van der Waals surface area contributed by atoms with E-state index in [4.69, 9.17) is 0 Å². The number of amides is 1. The number of fused-ring (bicyclic) bond motifs is 1. The Balaban J connectivity index is 1.54. The third kappa shape index (κ3) is 4.09. The Morgan fingerprint density at radius 3 is 2.55 bits per heavy atom. The van der Waals surface area contributed by atoms with Crippen molar-refractivity contribution in [2.45, 2.75) is 24.8 Å². The van der Waals surface area contributed by atoms with E-state index in [-0.39, 0.29) is 17.3 Å². The van der Waals surface area contributed by atoms with E-state index < -0.39 is 10.0 Å². The smallest absolute Gasteiger partial charge is 0.258 e. The number of rotatable bonds is 5. The molecule has 6 heteroatoms. The first-order chi connectivity index (χ1) is 13.9. The Morgan fingerprint density at radius 1 is 1.00 bits per heavy atom. The van der Waals surface area contributed by atoms with Crippen LogP contribution >= 0.6 is 0 Å². The number of anilines is 1. The van der Waals surface area contributed by atoms with Gasteiger partial charge in [0.15, 0.2) is 0 Å². The number of hydrogen-bond acceptors (Lipinski definition) is 3. The molecule has 5 nitrogen and oxygen atoms in total. The number of aryl methyl sites for hydroxylation is 1. The van der Waals surface area contributed by atoms with E-state index in [1.807, 2.05) is 49.4 Å². The van der Waals surface area contributed by atoms with E-state index in [2.05, 4.69) is 4.72 Å². The summed E-state index contributed by atoms with van der Waals surface area (Å²) in [4.78, 5) is 15.0. The van der Waals surface area contributed by atoms with Gasteiger partial charge in [-0.2, -0.15) is 0 Å². The van der Waals surface area contributed by atoms with Gasteiger partial charge in [0, 0.05) is 24.3 Å². The molecule has 29 heavy (non-hydrogen) atoms. The van der Waals surface area contributed by atoms with E-state index in [0.29, 0.717) is 12.1 Å². The minimum absolute atomic E-state index is 0.0329. The molecule has 1 N–H and O–H groups in total. The lowest BCUT2D eigenvalue weighted by atomic mass is 10.1. The van der Waals surface area contributed by atoms with Crippen molar-refractivity contribution in [1.29, 1.82) is 0 Å². The summed E-state index contributed by atoms with van der Waals surface area (Å²) in [5.41, 5.74) is 4.47. The average molecular weight is 407 g/mol. The maximum absolute atomic E-state index is 13.0. The van der Waals surface area contributed by atoms with Gasteiger partial charge in [0.25, 0.3) is 5.91 Å². The highest BCUT2D eigenvalue weighted by atomic mass is 32.2. The fourth-order valence-electron chi connectivity index (χ4n) is 3.54.